The highest BCUT2D eigenvalue weighted by atomic mass is 28.3. The summed E-state index contributed by atoms with van der Waals surface area (Å²) in [6.07, 6.45) is 4.19. The Bertz CT molecular complexity index is 895. The van der Waals surface area contributed by atoms with E-state index < -0.39 is 8.07 Å². The molecule has 0 saturated carbocycles. The molecule has 27 heavy (non-hydrogen) atoms. The van der Waals surface area contributed by atoms with Gasteiger partial charge in [-0.2, -0.15) is 0 Å². The molecule has 0 bridgehead atoms. The SMILES string of the molecule is C=CCOc1c(C)cc(C)cc1[Si](C)(C)C1C(N(C)C)=Cc2ccccc21. The molecule has 142 valence electrons. The molecule has 2 nitrogen and oxygen atoms in total. The summed E-state index contributed by atoms with van der Waals surface area (Å²) in [5, 5.41) is 1.40. The standard InChI is InChI=1S/C24H31NOSi/c1-8-13-26-23-18(3)14-17(2)15-22(23)27(6,7)24-20-12-10-9-11-19(20)16-21(24)25(4)5/h8-12,14-16,24H,1,13H2,2-7H3. The molecule has 0 aromatic heterocycles. The van der Waals surface area contributed by atoms with Gasteiger partial charge in [0.2, 0.25) is 0 Å². The average molecular weight is 378 g/mol. The molecule has 2 aromatic rings. The number of rotatable bonds is 6. The lowest BCUT2D eigenvalue weighted by Gasteiger charge is -2.37. The fourth-order valence-electron chi connectivity index (χ4n) is 4.38. The normalized spacial score (nSPS) is 15.9. The monoisotopic (exact) mass is 377 g/mol. The summed E-state index contributed by atoms with van der Waals surface area (Å²) in [6, 6.07) is 13.4. The minimum Gasteiger partial charge on any atom is -0.489 e. The first kappa shape index (κ1) is 19.5. The van der Waals surface area contributed by atoms with Crippen LogP contribution in [-0.4, -0.2) is 33.7 Å². The molecular weight excluding hydrogens is 346 g/mol. The van der Waals surface area contributed by atoms with Gasteiger partial charge in [0, 0.05) is 25.3 Å². The van der Waals surface area contributed by atoms with Crippen LogP contribution in [0, 0.1) is 13.8 Å². The highest BCUT2D eigenvalue weighted by molar-refractivity contribution is 6.92. The summed E-state index contributed by atoms with van der Waals surface area (Å²) in [7, 11) is 2.37. The van der Waals surface area contributed by atoms with Crippen molar-refractivity contribution in [1.29, 1.82) is 0 Å². The second-order valence-electron chi connectivity index (χ2n) is 8.31. The number of ether oxygens (including phenoxy) is 1. The zero-order valence-electron chi connectivity index (χ0n) is 17.5. The second-order valence-corrected chi connectivity index (χ2v) is 12.9. The number of benzene rings is 2. The van der Waals surface area contributed by atoms with Gasteiger partial charge < -0.3 is 9.64 Å². The van der Waals surface area contributed by atoms with Gasteiger partial charge >= 0.3 is 0 Å². The predicted octanol–water partition coefficient (Wildman–Crippen LogP) is 5.02. The number of fused-ring (bicyclic) bond motifs is 1. The van der Waals surface area contributed by atoms with Crippen molar-refractivity contribution in [3.63, 3.8) is 0 Å². The van der Waals surface area contributed by atoms with Crippen molar-refractivity contribution in [2.45, 2.75) is 32.5 Å². The summed E-state index contributed by atoms with van der Waals surface area (Å²) >= 11 is 0. The lowest BCUT2D eigenvalue weighted by Crippen LogP contribution is -2.50. The first-order valence-corrected chi connectivity index (χ1v) is 12.7. The van der Waals surface area contributed by atoms with Gasteiger partial charge in [0.15, 0.2) is 0 Å². The Labute approximate surface area is 165 Å². The van der Waals surface area contributed by atoms with Crippen LogP contribution in [-0.2, 0) is 0 Å². The second kappa shape index (κ2) is 7.39. The molecule has 3 rings (SSSR count). The molecule has 1 atom stereocenters. The van der Waals surface area contributed by atoms with Crippen LogP contribution in [0.5, 0.6) is 5.75 Å². The third-order valence-corrected chi connectivity index (χ3v) is 9.41. The smallest absolute Gasteiger partial charge is 0.121 e. The number of hydrogen-bond acceptors (Lipinski definition) is 2. The molecule has 0 N–H and O–H groups in total. The molecule has 0 heterocycles. The Hall–Kier alpha value is -2.26. The summed E-state index contributed by atoms with van der Waals surface area (Å²) in [4.78, 5) is 2.28. The summed E-state index contributed by atoms with van der Waals surface area (Å²) in [6.45, 7) is 13.7. The highest BCUT2D eigenvalue weighted by Crippen LogP contribution is 2.44. The first-order chi connectivity index (χ1) is 12.8. The van der Waals surface area contributed by atoms with Crippen molar-refractivity contribution in [1.82, 2.24) is 4.90 Å². The first-order valence-electron chi connectivity index (χ1n) is 9.60. The molecule has 1 aliphatic rings. The van der Waals surface area contributed by atoms with Gasteiger partial charge in [0.05, 0.1) is 8.07 Å². The van der Waals surface area contributed by atoms with Gasteiger partial charge in [-0.15, -0.1) is 0 Å². The van der Waals surface area contributed by atoms with Crippen LogP contribution in [0.1, 0.15) is 27.8 Å². The lowest BCUT2D eigenvalue weighted by molar-refractivity contribution is 0.363. The molecule has 0 amide bonds. The summed E-state index contributed by atoms with van der Waals surface area (Å²) in [5.74, 6) is 1.06. The average Bonchev–Trinajstić information content (AvgIpc) is 3.01. The molecule has 2 aromatic carbocycles. The van der Waals surface area contributed by atoms with E-state index in [0.29, 0.717) is 12.1 Å². The minimum absolute atomic E-state index is 0.413. The Balaban J connectivity index is 2.19. The van der Waals surface area contributed by atoms with Crippen molar-refractivity contribution in [3.8, 4) is 5.75 Å². The number of allylic oxidation sites excluding steroid dienone is 1. The zero-order valence-corrected chi connectivity index (χ0v) is 18.5. The highest BCUT2D eigenvalue weighted by Gasteiger charge is 2.43. The number of aryl methyl sites for hydroxylation is 2. The topological polar surface area (TPSA) is 12.5 Å². The lowest BCUT2D eigenvalue weighted by atomic mass is 10.1. The molecule has 1 aliphatic carbocycles. The molecule has 0 saturated heterocycles. The van der Waals surface area contributed by atoms with E-state index in [1.807, 2.05) is 6.08 Å². The van der Waals surface area contributed by atoms with Crippen LogP contribution < -0.4 is 9.92 Å². The third kappa shape index (κ3) is 3.48. The van der Waals surface area contributed by atoms with E-state index in [-0.39, 0.29) is 0 Å². The molecule has 0 fully saturated rings. The van der Waals surface area contributed by atoms with E-state index in [1.165, 1.54) is 33.1 Å². The van der Waals surface area contributed by atoms with Crippen molar-refractivity contribution in [2.75, 3.05) is 20.7 Å². The van der Waals surface area contributed by atoms with Crippen LogP contribution in [0.4, 0.5) is 0 Å². The molecule has 0 aliphatic heterocycles. The van der Waals surface area contributed by atoms with Gasteiger partial charge in [-0.1, -0.05) is 67.7 Å². The Kier molecular flexibility index (Phi) is 5.34. The molecule has 0 radical (unpaired) electrons. The fourth-order valence-corrected chi connectivity index (χ4v) is 8.26. The molecular formula is C24H31NOSi. The largest absolute Gasteiger partial charge is 0.489 e. The minimum atomic E-state index is -1.95. The summed E-state index contributed by atoms with van der Waals surface area (Å²) < 4.78 is 6.19. The van der Waals surface area contributed by atoms with Crippen LogP contribution in [0.25, 0.3) is 6.08 Å². The van der Waals surface area contributed by atoms with Crippen molar-refractivity contribution >= 4 is 19.3 Å². The van der Waals surface area contributed by atoms with E-state index in [0.717, 1.165) is 5.75 Å². The van der Waals surface area contributed by atoms with Gasteiger partial charge in [-0.3, -0.25) is 0 Å². The van der Waals surface area contributed by atoms with Crippen LogP contribution in [0.15, 0.2) is 54.8 Å². The van der Waals surface area contributed by atoms with E-state index in [4.69, 9.17) is 4.74 Å². The Morgan fingerprint density at radius 2 is 1.85 bits per heavy atom. The number of likely N-dealkylation sites (N-methyl/N-ethyl adjacent to an activating group) is 1. The molecule has 3 heteroatoms. The van der Waals surface area contributed by atoms with E-state index in [2.05, 4.69) is 95.0 Å². The van der Waals surface area contributed by atoms with Crippen molar-refractivity contribution < 1.29 is 4.74 Å². The van der Waals surface area contributed by atoms with Gasteiger partial charge in [0.1, 0.15) is 12.4 Å². The molecule has 1 unspecified atom stereocenters. The Morgan fingerprint density at radius 3 is 2.52 bits per heavy atom. The van der Waals surface area contributed by atoms with E-state index in [1.54, 1.807) is 0 Å². The maximum absolute atomic E-state index is 6.19. The quantitative estimate of drug-likeness (QED) is 0.517. The number of nitrogens with zero attached hydrogens (tertiary/aromatic N) is 1. The van der Waals surface area contributed by atoms with Crippen LogP contribution >= 0.6 is 0 Å². The summed E-state index contributed by atoms with van der Waals surface area (Å²) in [5.41, 5.74) is 7.14. The van der Waals surface area contributed by atoms with E-state index >= 15 is 0 Å². The van der Waals surface area contributed by atoms with Gasteiger partial charge in [0.25, 0.3) is 0 Å². The van der Waals surface area contributed by atoms with Crippen LogP contribution in [0.2, 0.25) is 13.1 Å². The van der Waals surface area contributed by atoms with Crippen molar-refractivity contribution in [2.24, 2.45) is 0 Å². The molecule has 0 spiro atoms. The van der Waals surface area contributed by atoms with Gasteiger partial charge in [-0.05, 0) is 41.8 Å². The fraction of sp³-hybridized carbons (Fsp3) is 0.333. The predicted molar refractivity (Wildman–Crippen MR) is 120 cm³/mol. The van der Waals surface area contributed by atoms with Gasteiger partial charge in [-0.25, -0.2) is 0 Å². The van der Waals surface area contributed by atoms with Crippen LogP contribution in [0.3, 0.4) is 0 Å². The van der Waals surface area contributed by atoms with Crippen molar-refractivity contribution in [3.05, 3.63) is 77.0 Å². The zero-order chi connectivity index (χ0) is 19.8. The number of hydrogen-bond donors (Lipinski definition) is 0. The third-order valence-electron chi connectivity index (χ3n) is 5.60. The van der Waals surface area contributed by atoms with E-state index in [9.17, 15) is 0 Å². The maximum Gasteiger partial charge on any atom is 0.121 e. The Morgan fingerprint density at radius 1 is 1.15 bits per heavy atom. The maximum atomic E-state index is 6.19.